The molecule has 0 aliphatic rings. The standard InChI is InChI=1S/C22H18ClN5OS/c1-2-8-19-27-28-22(30-19)15-11-6-7-12-16(15)25-21(29)17-13-18(23)26-20(24-17)14-9-4-3-5-10-14/h3-7,9-13H,2,8H2,1H3,(H,25,29). The van der Waals surface area contributed by atoms with Crippen molar-refractivity contribution in [3.8, 4) is 22.0 Å². The number of para-hydroxylation sites is 1. The molecule has 6 nitrogen and oxygen atoms in total. The number of aromatic nitrogens is 4. The highest BCUT2D eigenvalue weighted by molar-refractivity contribution is 7.14. The van der Waals surface area contributed by atoms with Crippen molar-refractivity contribution < 1.29 is 4.79 Å². The minimum absolute atomic E-state index is 0.188. The highest BCUT2D eigenvalue weighted by atomic mass is 35.5. The van der Waals surface area contributed by atoms with Gasteiger partial charge in [0.05, 0.1) is 5.69 Å². The molecule has 0 spiro atoms. The lowest BCUT2D eigenvalue weighted by molar-refractivity contribution is 0.102. The van der Waals surface area contributed by atoms with Crippen LogP contribution in [-0.2, 0) is 6.42 Å². The number of nitrogens with zero attached hydrogens (tertiary/aromatic N) is 4. The van der Waals surface area contributed by atoms with E-state index in [1.54, 1.807) is 0 Å². The van der Waals surface area contributed by atoms with E-state index >= 15 is 0 Å². The van der Waals surface area contributed by atoms with Gasteiger partial charge in [0, 0.05) is 23.6 Å². The van der Waals surface area contributed by atoms with Crippen molar-refractivity contribution in [2.75, 3.05) is 5.32 Å². The molecule has 1 N–H and O–H groups in total. The maximum absolute atomic E-state index is 12.9. The van der Waals surface area contributed by atoms with Gasteiger partial charge in [-0.1, -0.05) is 72.3 Å². The number of rotatable bonds is 6. The summed E-state index contributed by atoms with van der Waals surface area (Å²) in [6.07, 6.45) is 1.89. The summed E-state index contributed by atoms with van der Waals surface area (Å²) < 4.78 is 0. The van der Waals surface area contributed by atoms with Crippen molar-refractivity contribution in [2.45, 2.75) is 19.8 Å². The number of carbonyl (C=O) groups is 1. The fourth-order valence-corrected chi connectivity index (χ4v) is 4.06. The van der Waals surface area contributed by atoms with E-state index in [2.05, 4.69) is 32.4 Å². The Labute approximate surface area is 183 Å². The molecule has 0 saturated carbocycles. The van der Waals surface area contributed by atoms with Crippen LogP contribution in [0.1, 0.15) is 28.8 Å². The fraction of sp³-hybridized carbons (Fsp3) is 0.136. The van der Waals surface area contributed by atoms with E-state index < -0.39 is 0 Å². The number of nitrogens with one attached hydrogen (secondary N) is 1. The van der Waals surface area contributed by atoms with Crippen molar-refractivity contribution in [3.63, 3.8) is 0 Å². The normalized spacial score (nSPS) is 10.7. The van der Waals surface area contributed by atoms with E-state index in [1.165, 1.54) is 17.4 Å². The highest BCUT2D eigenvalue weighted by Crippen LogP contribution is 2.31. The first-order chi connectivity index (χ1) is 14.6. The fourth-order valence-electron chi connectivity index (χ4n) is 2.89. The molecule has 1 amide bonds. The van der Waals surface area contributed by atoms with E-state index in [0.717, 1.165) is 34.0 Å². The third-order valence-corrected chi connectivity index (χ3v) is 5.51. The Kier molecular flexibility index (Phi) is 6.11. The van der Waals surface area contributed by atoms with Crippen molar-refractivity contribution in [2.24, 2.45) is 0 Å². The predicted octanol–water partition coefficient (Wildman–Crippen LogP) is 5.52. The Balaban J connectivity index is 1.63. The summed E-state index contributed by atoms with van der Waals surface area (Å²) in [6, 6.07) is 18.3. The van der Waals surface area contributed by atoms with Crippen molar-refractivity contribution in [3.05, 3.63) is 76.5 Å². The monoisotopic (exact) mass is 435 g/mol. The van der Waals surface area contributed by atoms with Crippen LogP contribution in [-0.4, -0.2) is 26.1 Å². The molecule has 2 aromatic heterocycles. The molecule has 0 fully saturated rings. The third-order valence-electron chi connectivity index (χ3n) is 4.30. The second kappa shape index (κ2) is 9.11. The Bertz CT molecular complexity index is 1180. The third kappa shape index (κ3) is 4.53. The minimum Gasteiger partial charge on any atom is -0.320 e. The summed E-state index contributed by atoms with van der Waals surface area (Å²) in [5.74, 6) is 0.0251. The summed E-state index contributed by atoms with van der Waals surface area (Å²) in [6.45, 7) is 2.10. The van der Waals surface area contributed by atoms with Crippen LogP contribution in [0.5, 0.6) is 0 Å². The summed E-state index contributed by atoms with van der Waals surface area (Å²) in [5.41, 5.74) is 2.42. The number of benzene rings is 2. The lowest BCUT2D eigenvalue weighted by Crippen LogP contribution is -2.15. The number of hydrogen-bond donors (Lipinski definition) is 1. The molecule has 2 heterocycles. The molecular weight excluding hydrogens is 418 g/mol. The minimum atomic E-state index is -0.373. The lowest BCUT2D eigenvalue weighted by Gasteiger charge is -2.10. The first-order valence-electron chi connectivity index (χ1n) is 9.47. The van der Waals surface area contributed by atoms with Gasteiger partial charge in [0.2, 0.25) is 0 Å². The second-order valence-electron chi connectivity index (χ2n) is 6.52. The van der Waals surface area contributed by atoms with E-state index in [0.29, 0.717) is 11.5 Å². The summed E-state index contributed by atoms with van der Waals surface area (Å²) in [7, 11) is 0. The van der Waals surface area contributed by atoms with Gasteiger partial charge in [0.1, 0.15) is 20.9 Å². The van der Waals surface area contributed by atoms with Crippen LogP contribution < -0.4 is 5.32 Å². The molecule has 150 valence electrons. The predicted molar refractivity (Wildman–Crippen MR) is 120 cm³/mol. The first-order valence-corrected chi connectivity index (χ1v) is 10.7. The quantitative estimate of drug-likeness (QED) is 0.403. The Morgan fingerprint density at radius 2 is 1.80 bits per heavy atom. The number of amides is 1. The summed E-state index contributed by atoms with van der Waals surface area (Å²) in [5, 5.41) is 13.4. The van der Waals surface area contributed by atoms with Crippen LogP contribution in [0.4, 0.5) is 5.69 Å². The molecule has 0 aliphatic carbocycles. The van der Waals surface area contributed by atoms with Gasteiger partial charge in [0.15, 0.2) is 5.82 Å². The van der Waals surface area contributed by atoms with Gasteiger partial charge in [-0.15, -0.1) is 10.2 Å². The van der Waals surface area contributed by atoms with E-state index in [9.17, 15) is 4.79 Å². The molecule has 2 aromatic carbocycles. The Hall–Kier alpha value is -3.16. The molecule has 0 radical (unpaired) electrons. The van der Waals surface area contributed by atoms with Gasteiger partial charge in [-0.05, 0) is 18.6 Å². The van der Waals surface area contributed by atoms with Gasteiger partial charge in [-0.25, -0.2) is 9.97 Å². The van der Waals surface area contributed by atoms with E-state index in [-0.39, 0.29) is 16.8 Å². The SMILES string of the molecule is CCCc1nnc(-c2ccccc2NC(=O)c2cc(Cl)nc(-c3ccccc3)n2)s1. The van der Waals surface area contributed by atoms with Crippen LogP contribution in [0, 0.1) is 0 Å². The molecule has 0 unspecified atom stereocenters. The van der Waals surface area contributed by atoms with Crippen LogP contribution in [0.25, 0.3) is 22.0 Å². The molecule has 4 rings (SSSR count). The van der Waals surface area contributed by atoms with Crippen LogP contribution in [0.2, 0.25) is 5.15 Å². The van der Waals surface area contributed by atoms with Gasteiger partial charge >= 0.3 is 0 Å². The molecule has 0 aliphatic heterocycles. The maximum Gasteiger partial charge on any atom is 0.274 e. The van der Waals surface area contributed by atoms with Crippen LogP contribution >= 0.6 is 22.9 Å². The van der Waals surface area contributed by atoms with Crippen LogP contribution in [0.3, 0.4) is 0 Å². The Morgan fingerprint density at radius 1 is 1.03 bits per heavy atom. The number of halogens is 1. The highest BCUT2D eigenvalue weighted by Gasteiger charge is 2.16. The van der Waals surface area contributed by atoms with Gasteiger partial charge < -0.3 is 5.32 Å². The second-order valence-corrected chi connectivity index (χ2v) is 7.97. The van der Waals surface area contributed by atoms with Crippen molar-refractivity contribution >= 4 is 34.5 Å². The number of hydrogen-bond acceptors (Lipinski definition) is 6. The molecule has 0 bridgehead atoms. The van der Waals surface area contributed by atoms with Crippen LogP contribution in [0.15, 0.2) is 60.7 Å². The number of aryl methyl sites for hydroxylation is 1. The average Bonchev–Trinajstić information content (AvgIpc) is 3.23. The molecule has 4 aromatic rings. The molecule has 8 heteroatoms. The molecule has 0 saturated heterocycles. The van der Waals surface area contributed by atoms with Gasteiger partial charge in [0.25, 0.3) is 5.91 Å². The summed E-state index contributed by atoms with van der Waals surface area (Å²) in [4.78, 5) is 21.6. The van der Waals surface area contributed by atoms with Gasteiger partial charge in [-0.3, -0.25) is 4.79 Å². The zero-order chi connectivity index (χ0) is 20.9. The lowest BCUT2D eigenvalue weighted by atomic mass is 10.2. The maximum atomic E-state index is 12.9. The first kappa shape index (κ1) is 20.1. The van der Waals surface area contributed by atoms with Crippen molar-refractivity contribution in [1.29, 1.82) is 0 Å². The number of anilines is 1. The molecule has 30 heavy (non-hydrogen) atoms. The smallest absolute Gasteiger partial charge is 0.274 e. The molecular formula is C22H18ClN5OS. The average molecular weight is 436 g/mol. The number of carbonyl (C=O) groups excluding carboxylic acids is 1. The molecule has 0 atom stereocenters. The van der Waals surface area contributed by atoms with Gasteiger partial charge in [-0.2, -0.15) is 0 Å². The summed E-state index contributed by atoms with van der Waals surface area (Å²) >= 11 is 7.69. The van der Waals surface area contributed by atoms with E-state index in [4.69, 9.17) is 11.6 Å². The Morgan fingerprint density at radius 3 is 2.60 bits per heavy atom. The zero-order valence-corrected chi connectivity index (χ0v) is 17.7. The largest absolute Gasteiger partial charge is 0.320 e. The topological polar surface area (TPSA) is 80.7 Å². The van der Waals surface area contributed by atoms with E-state index in [1.807, 2.05) is 54.6 Å². The zero-order valence-electron chi connectivity index (χ0n) is 16.2. The van der Waals surface area contributed by atoms with Crippen molar-refractivity contribution in [1.82, 2.24) is 20.2 Å².